The fraction of sp³-hybridized carbons (Fsp3) is 0.0833. The van der Waals surface area contributed by atoms with Crippen molar-refractivity contribution in [2.45, 2.75) is 16.5 Å². The highest BCUT2D eigenvalue weighted by molar-refractivity contribution is 7.99. The number of benzene rings is 1. The van der Waals surface area contributed by atoms with Crippen LogP contribution in [0, 0.1) is 0 Å². The first-order chi connectivity index (χ1) is 9.88. The first-order valence-corrected chi connectivity index (χ1v) is 6.80. The van der Waals surface area contributed by atoms with Crippen LogP contribution in [0.3, 0.4) is 0 Å². The fourth-order valence-electron chi connectivity index (χ4n) is 2.00. The zero-order valence-corrected chi connectivity index (χ0v) is 11.1. The first kappa shape index (κ1) is 11.4. The summed E-state index contributed by atoms with van der Waals surface area (Å²) in [6.45, 7) is 0.590. The molecule has 8 heteroatoms. The minimum Gasteiger partial charge on any atom is -0.337 e. The molecule has 1 aliphatic heterocycles. The van der Waals surface area contributed by atoms with Gasteiger partial charge in [-0.15, -0.1) is 10.2 Å². The van der Waals surface area contributed by atoms with E-state index >= 15 is 0 Å². The highest BCUT2D eigenvalue weighted by Gasteiger charge is 2.17. The van der Waals surface area contributed by atoms with Crippen LogP contribution in [0.2, 0.25) is 0 Å². The second kappa shape index (κ2) is 4.57. The van der Waals surface area contributed by atoms with E-state index in [1.54, 1.807) is 29.0 Å². The van der Waals surface area contributed by atoms with Gasteiger partial charge in [0.1, 0.15) is 5.03 Å². The molecule has 0 radical (unpaired) electrons. The molecule has 1 aromatic carbocycles. The average Bonchev–Trinajstić information content (AvgIpc) is 2.98. The van der Waals surface area contributed by atoms with Crippen LogP contribution in [0.15, 0.2) is 46.8 Å². The number of tetrazole rings is 1. The van der Waals surface area contributed by atoms with Gasteiger partial charge in [-0.25, -0.2) is 9.97 Å². The summed E-state index contributed by atoms with van der Waals surface area (Å²) in [6, 6.07) is 6.19. The monoisotopic (exact) mass is 283 g/mol. The van der Waals surface area contributed by atoms with E-state index in [-0.39, 0.29) is 0 Å². The van der Waals surface area contributed by atoms with Crippen molar-refractivity contribution in [3.63, 3.8) is 0 Å². The second-order valence-corrected chi connectivity index (χ2v) is 5.26. The number of anilines is 2. The standard InChI is InChI=1S/C12H9N7S/c1-2-10-9(5-8(1)6-19-16-7-15-18-19)17-11-12(20-10)14-4-3-13-11/h1-5,7H,6H2,(H,13,17). The number of hydrogen-bond donors (Lipinski definition) is 1. The number of rotatable bonds is 2. The van der Waals surface area contributed by atoms with Crippen molar-refractivity contribution in [1.82, 2.24) is 30.2 Å². The van der Waals surface area contributed by atoms with Crippen LogP contribution >= 0.6 is 11.8 Å². The van der Waals surface area contributed by atoms with Gasteiger partial charge >= 0.3 is 0 Å². The van der Waals surface area contributed by atoms with Crippen molar-refractivity contribution in [3.8, 4) is 0 Å². The molecule has 0 amide bonds. The average molecular weight is 283 g/mol. The molecule has 0 atom stereocenters. The highest BCUT2D eigenvalue weighted by Crippen LogP contribution is 2.41. The SMILES string of the molecule is c1cnc2c(n1)Nc1cc(Cn3ncnn3)ccc1S2. The molecule has 1 N–H and O–H groups in total. The second-order valence-electron chi connectivity index (χ2n) is 4.23. The van der Waals surface area contributed by atoms with Crippen molar-refractivity contribution in [2.75, 3.05) is 5.32 Å². The molecule has 0 bridgehead atoms. The quantitative estimate of drug-likeness (QED) is 0.599. The van der Waals surface area contributed by atoms with E-state index in [0.717, 1.165) is 27.0 Å². The molecule has 3 heterocycles. The molecular weight excluding hydrogens is 274 g/mol. The number of nitrogens with zero attached hydrogens (tertiary/aromatic N) is 6. The molecule has 2 aromatic heterocycles. The van der Waals surface area contributed by atoms with Crippen LogP contribution in [0.25, 0.3) is 0 Å². The van der Waals surface area contributed by atoms with Gasteiger partial charge in [0.25, 0.3) is 0 Å². The van der Waals surface area contributed by atoms with Gasteiger partial charge < -0.3 is 5.32 Å². The number of fused-ring (bicyclic) bond motifs is 2. The predicted molar refractivity (Wildman–Crippen MR) is 72.8 cm³/mol. The molecule has 20 heavy (non-hydrogen) atoms. The van der Waals surface area contributed by atoms with E-state index in [4.69, 9.17) is 0 Å². The Morgan fingerprint density at radius 1 is 1.20 bits per heavy atom. The third kappa shape index (κ3) is 1.99. The van der Waals surface area contributed by atoms with Gasteiger partial charge in [0, 0.05) is 17.3 Å². The largest absolute Gasteiger partial charge is 0.337 e. The Bertz CT molecular complexity index is 756. The van der Waals surface area contributed by atoms with E-state index in [9.17, 15) is 0 Å². The van der Waals surface area contributed by atoms with Crippen molar-refractivity contribution in [2.24, 2.45) is 0 Å². The minimum atomic E-state index is 0.590. The molecular formula is C12H9N7S. The highest BCUT2D eigenvalue weighted by atomic mass is 32.2. The number of nitrogens with one attached hydrogen (secondary N) is 1. The molecule has 3 aromatic rings. The maximum Gasteiger partial charge on any atom is 0.163 e. The molecule has 0 unspecified atom stereocenters. The van der Waals surface area contributed by atoms with E-state index in [0.29, 0.717) is 6.54 Å². The lowest BCUT2D eigenvalue weighted by Crippen LogP contribution is -2.07. The molecule has 0 fully saturated rings. The number of hydrogen-bond acceptors (Lipinski definition) is 7. The zero-order chi connectivity index (χ0) is 13.4. The molecule has 4 rings (SSSR count). The van der Waals surface area contributed by atoms with Gasteiger partial charge in [-0.2, -0.15) is 4.80 Å². The van der Waals surface area contributed by atoms with Crippen LogP contribution in [0.5, 0.6) is 0 Å². The van der Waals surface area contributed by atoms with Crippen molar-refractivity contribution >= 4 is 23.3 Å². The maximum atomic E-state index is 4.31. The normalized spacial score (nSPS) is 12.4. The van der Waals surface area contributed by atoms with Crippen LogP contribution in [-0.4, -0.2) is 30.2 Å². The third-order valence-electron chi connectivity index (χ3n) is 2.88. The Hall–Kier alpha value is -2.48. The zero-order valence-electron chi connectivity index (χ0n) is 10.3. The summed E-state index contributed by atoms with van der Waals surface area (Å²) < 4.78 is 0. The third-order valence-corrected chi connectivity index (χ3v) is 3.95. The van der Waals surface area contributed by atoms with Gasteiger partial charge in [-0.1, -0.05) is 17.8 Å². The Kier molecular flexibility index (Phi) is 2.59. The summed E-state index contributed by atoms with van der Waals surface area (Å²) in [6.07, 6.45) is 4.81. The van der Waals surface area contributed by atoms with Crippen LogP contribution in [0.1, 0.15) is 5.56 Å². The molecule has 7 nitrogen and oxygen atoms in total. The molecule has 0 saturated carbocycles. The van der Waals surface area contributed by atoms with Crippen molar-refractivity contribution in [1.29, 1.82) is 0 Å². The molecule has 1 aliphatic rings. The van der Waals surface area contributed by atoms with Crippen LogP contribution in [0.4, 0.5) is 11.5 Å². The van der Waals surface area contributed by atoms with E-state index in [2.05, 4.69) is 48.9 Å². The predicted octanol–water partition coefficient (Wildman–Crippen LogP) is 1.72. The Morgan fingerprint density at radius 3 is 3.05 bits per heavy atom. The molecule has 0 spiro atoms. The summed E-state index contributed by atoms with van der Waals surface area (Å²) in [7, 11) is 0. The van der Waals surface area contributed by atoms with Gasteiger partial charge in [0.2, 0.25) is 0 Å². The number of aromatic nitrogens is 6. The van der Waals surface area contributed by atoms with E-state index in [1.807, 2.05) is 0 Å². The summed E-state index contributed by atoms with van der Waals surface area (Å²) in [5.74, 6) is 0.793. The topological polar surface area (TPSA) is 81.4 Å². The summed E-state index contributed by atoms with van der Waals surface area (Å²) in [5.41, 5.74) is 2.13. The van der Waals surface area contributed by atoms with Crippen LogP contribution < -0.4 is 5.32 Å². The Labute approximate surface area is 118 Å². The molecule has 98 valence electrons. The van der Waals surface area contributed by atoms with Gasteiger partial charge in [0.05, 0.1) is 12.2 Å². The van der Waals surface area contributed by atoms with Crippen molar-refractivity contribution < 1.29 is 0 Å². The lowest BCUT2D eigenvalue weighted by Gasteiger charge is -2.19. The van der Waals surface area contributed by atoms with Crippen molar-refractivity contribution in [3.05, 3.63) is 42.5 Å². The lowest BCUT2D eigenvalue weighted by molar-refractivity contribution is 0.572. The summed E-state index contributed by atoms with van der Waals surface area (Å²) >= 11 is 1.61. The van der Waals surface area contributed by atoms with Gasteiger partial charge in [0.15, 0.2) is 12.1 Å². The van der Waals surface area contributed by atoms with E-state index in [1.165, 1.54) is 6.33 Å². The molecule has 0 aliphatic carbocycles. The summed E-state index contributed by atoms with van der Waals surface area (Å²) in [5, 5.41) is 15.8. The first-order valence-electron chi connectivity index (χ1n) is 5.98. The van der Waals surface area contributed by atoms with Gasteiger partial charge in [-0.05, 0) is 22.9 Å². The Morgan fingerprint density at radius 2 is 2.15 bits per heavy atom. The molecule has 0 saturated heterocycles. The lowest BCUT2D eigenvalue weighted by atomic mass is 10.2. The van der Waals surface area contributed by atoms with E-state index < -0.39 is 0 Å². The van der Waals surface area contributed by atoms with Crippen LogP contribution in [-0.2, 0) is 6.54 Å². The fourth-order valence-corrected chi connectivity index (χ4v) is 2.88. The summed E-state index contributed by atoms with van der Waals surface area (Å²) in [4.78, 5) is 11.3. The smallest absolute Gasteiger partial charge is 0.163 e. The Balaban J connectivity index is 1.66. The van der Waals surface area contributed by atoms with Gasteiger partial charge in [-0.3, -0.25) is 0 Å². The minimum absolute atomic E-state index is 0.590. The maximum absolute atomic E-state index is 4.31.